The van der Waals surface area contributed by atoms with E-state index >= 15 is 0 Å². The van der Waals surface area contributed by atoms with E-state index in [1.807, 2.05) is 6.92 Å². The molecule has 0 spiro atoms. The number of anilines is 1. The van der Waals surface area contributed by atoms with Crippen LogP contribution < -0.4 is 10.8 Å². The number of nitrogens with one attached hydrogen (secondary N) is 1. The van der Waals surface area contributed by atoms with E-state index in [4.69, 9.17) is 10.0 Å². The van der Waals surface area contributed by atoms with Gasteiger partial charge >= 0.3 is 7.12 Å². The normalized spacial score (nSPS) is 16.7. The predicted molar refractivity (Wildman–Crippen MR) is 60.0 cm³/mol. The Kier molecular flexibility index (Phi) is 2.69. The molecule has 0 saturated heterocycles. The Bertz CT molecular complexity index is 418. The summed E-state index contributed by atoms with van der Waals surface area (Å²) in [4.78, 5) is 15.7. The zero-order valence-electron chi connectivity index (χ0n) is 8.97. The van der Waals surface area contributed by atoms with Gasteiger partial charge in [-0.1, -0.05) is 6.92 Å². The Morgan fingerprint density at radius 3 is 2.81 bits per heavy atom. The van der Waals surface area contributed by atoms with Gasteiger partial charge in [-0.15, -0.1) is 0 Å². The van der Waals surface area contributed by atoms with Gasteiger partial charge < -0.3 is 15.4 Å². The van der Waals surface area contributed by atoms with Crippen LogP contribution in [0.25, 0.3) is 0 Å². The third-order valence-corrected chi connectivity index (χ3v) is 2.87. The maximum absolute atomic E-state index is 11.7. The Labute approximate surface area is 93.7 Å². The van der Waals surface area contributed by atoms with E-state index in [1.54, 1.807) is 0 Å². The average Bonchev–Trinajstić information content (AvgIpc) is 2.98. The number of amides is 1. The minimum Gasteiger partial charge on any atom is -0.423 e. The van der Waals surface area contributed by atoms with Crippen molar-refractivity contribution in [2.45, 2.75) is 19.8 Å². The van der Waals surface area contributed by atoms with Crippen LogP contribution in [0.3, 0.4) is 0 Å². The largest absolute Gasteiger partial charge is 0.488 e. The molecule has 3 N–H and O–H groups in total. The molecule has 0 bridgehead atoms. The molecule has 1 aliphatic rings. The van der Waals surface area contributed by atoms with Gasteiger partial charge in [-0.3, -0.25) is 4.79 Å². The quantitative estimate of drug-likeness (QED) is 0.599. The molecule has 0 aliphatic heterocycles. The molecule has 1 fully saturated rings. The van der Waals surface area contributed by atoms with Crippen LogP contribution in [0.5, 0.6) is 0 Å². The van der Waals surface area contributed by atoms with Crippen molar-refractivity contribution in [2.24, 2.45) is 5.41 Å². The van der Waals surface area contributed by atoms with Crippen molar-refractivity contribution in [1.29, 1.82) is 0 Å². The van der Waals surface area contributed by atoms with Crippen molar-refractivity contribution in [1.82, 2.24) is 4.98 Å². The number of nitrogens with zero attached hydrogens (tertiary/aromatic N) is 1. The topological polar surface area (TPSA) is 82.5 Å². The molecule has 5 nitrogen and oxygen atoms in total. The summed E-state index contributed by atoms with van der Waals surface area (Å²) in [7, 11) is -1.55. The van der Waals surface area contributed by atoms with Gasteiger partial charge in [-0.05, 0) is 30.4 Å². The monoisotopic (exact) mass is 220 g/mol. The van der Waals surface area contributed by atoms with Crippen LogP contribution in [-0.4, -0.2) is 28.1 Å². The number of rotatable bonds is 3. The summed E-state index contributed by atoms with van der Waals surface area (Å²) in [5, 5.41) is 20.6. The molecule has 1 aromatic heterocycles. The highest BCUT2D eigenvalue weighted by Gasteiger charge is 2.44. The summed E-state index contributed by atoms with van der Waals surface area (Å²) < 4.78 is 0. The van der Waals surface area contributed by atoms with Crippen LogP contribution in [0.15, 0.2) is 18.3 Å². The highest BCUT2D eigenvalue weighted by Crippen LogP contribution is 2.45. The minimum absolute atomic E-state index is 0.0652. The van der Waals surface area contributed by atoms with E-state index in [-0.39, 0.29) is 11.3 Å². The van der Waals surface area contributed by atoms with Crippen molar-refractivity contribution < 1.29 is 14.8 Å². The summed E-state index contributed by atoms with van der Waals surface area (Å²) in [6.45, 7) is 1.90. The van der Waals surface area contributed by atoms with Crippen molar-refractivity contribution in [2.75, 3.05) is 5.32 Å². The second-order valence-corrected chi connectivity index (χ2v) is 4.36. The van der Waals surface area contributed by atoms with Crippen LogP contribution in [0.1, 0.15) is 19.8 Å². The van der Waals surface area contributed by atoms with Gasteiger partial charge in [0.25, 0.3) is 0 Å². The summed E-state index contributed by atoms with van der Waals surface area (Å²) in [5.74, 6) is 0.285. The van der Waals surface area contributed by atoms with E-state index in [2.05, 4.69) is 10.3 Å². The zero-order valence-corrected chi connectivity index (χ0v) is 8.97. The Morgan fingerprint density at radius 2 is 2.25 bits per heavy atom. The van der Waals surface area contributed by atoms with Crippen molar-refractivity contribution in [3.63, 3.8) is 0 Å². The standard InChI is InChI=1S/C10H13BN2O3/c1-10(3-4-10)9(14)13-8-6-7(11(15)16)2-5-12-8/h2,5-6,15-16H,3-4H2,1H3,(H,12,13,14). The Morgan fingerprint density at radius 1 is 1.56 bits per heavy atom. The highest BCUT2D eigenvalue weighted by molar-refractivity contribution is 6.58. The third-order valence-electron chi connectivity index (χ3n) is 2.87. The molecular formula is C10H13BN2O3. The fraction of sp³-hybridized carbons (Fsp3) is 0.400. The van der Waals surface area contributed by atoms with E-state index in [0.29, 0.717) is 11.3 Å². The number of hydrogen-bond acceptors (Lipinski definition) is 4. The third kappa shape index (κ3) is 2.23. The number of hydrogen-bond donors (Lipinski definition) is 3. The first-order chi connectivity index (χ1) is 7.51. The van der Waals surface area contributed by atoms with Gasteiger partial charge in [-0.25, -0.2) is 4.98 Å². The summed E-state index contributed by atoms with van der Waals surface area (Å²) in [6.07, 6.45) is 3.21. The van der Waals surface area contributed by atoms with E-state index in [9.17, 15) is 4.79 Å². The van der Waals surface area contributed by atoms with Crippen LogP contribution in [0.4, 0.5) is 5.82 Å². The Balaban J connectivity index is 2.09. The van der Waals surface area contributed by atoms with Gasteiger partial charge in [0.2, 0.25) is 5.91 Å². The predicted octanol–water partition coefficient (Wildman–Crippen LogP) is -0.500. The molecule has 0 radical (unpaired) electrons. The lowest BCUT2D eigenvalue weighted by atomic mass is 9.81. The maximum atomic E-state index is 11.7. The van der Waals surface area contributed by atoms with Crippen LogP contribution in [0, 0.1) is 5.41 Å². The molecular weight excluding hydrogens is 207 g/mol. The van der Waals surface area contributed by atoms with Crippen molar-refractivity contribution >= 4 is 24.3 Å². The average molecular weight is 220 g/mol. The number of aromatic nitrogens is 1. The fourth-order valence-corrected chi connectivity index (χ4v) is 1.36. The van der Waals surface area contributed by atoms with Gasteiger partial charge in [0.1, 0.15) is 5.82 Å². The number of carbonyl (C=O) groups is 1. The molecule has 1 saturated carbocycles. The molecule has 1 amide bonds. The molecule has 1 aliphatic carbocycles. The molecule has 1 aromatic rings. The zero-order chi connectivity index (χ0) is 11.8. The number of pyridine rings is 1. The second kappa shape index (κ2) is 3.88. The minimum atomic E-state index is -1.55. The van der Waals surface area contributed by atoms with Crippen molar-refractivity contribution in [3.05, 3.63) is 18.3 Å². The van der Waals surface area contributed by atoms with Crippen LogP contribution in [-0.2, 0) is 4.79 Å². The van der Waals surface area contributed by atoms with Gasteiger partial charge in [-0.2, -0.15) is 0 Å². The smallest absolute Gasteiger partial charge is 0.423 e. The highest BCUT2D eigenvalue weighted by atomic mass is 16.4. The molecule has 0 aromatic carbocycles. The van der Waals surface area contributed by atoms with E-state index in [0.717, 1.165) is 12.8 Å². The van der Waals surface area contributed by atoms with Gasteiger partial charge in [0, 0.05) is 11.6 Å². The summed E-state index contributed by atoms with van der Waals surface area (Å²) in [5.41, 5.74) is 0.0430. The van der Waals surface area contributed by atoms with E-state index < -0.39 is 7.12 Å². The first-order valence-electron chi connectivity index (χ1n) is 5.15. The van der Waals surface area contributed by atoms with Gasteiger partial charge in [0.15, 0.2) is 0 Å². The summed E-state index contributed by atoms with van der Waals surface area (Å²) in [6, 6.07) is 2.94. The lowest BCUT2D eigenvalue weighted by molar-refractivity contribution is -0.120. The first-order valence-corrected chi connectivity index (χ1v) is 5.15. The molecule has 0 unspecified atom stereocenters. The number of carbonyl (C=O) groups excluding carboxylic acids is 1. The molecule has 2 rings (SSSR count). The molecule has 84 valence electrons. The fourth-order valence-electron chi connectivity index (χ4n) is 1.36. The lowest BCUT2D eigenvalue weighted by Crippen LogP contribution is -2.31. The molecule has 16 heavy (non-hydrogen) atoms. The van der Waals surface area contributed by atoms with Crippen molar-refractivity contribution in [3.8, 4) is 0 Å². The lowest BCUT2D eigenvalue weighted by Gasteiger charge is -2.09. The van der Waals surface area contributed by atoms with Crippen LogP contribution >= 0.6 is 0 Å². The first kappa shape index (κ1) is 11.1. The molecule has 0 atom stereocenters. The maximum Gasteiger partial charge on any atom is 0.488 e. The van der Waals surface area contributed by atoms with E-state index in [1.165, 1.54) is 18.3 Å². The molecule has 1 heterocycles. The van der Waals surface area contributed by atoms with Gasteiger partial charge in [0.05, 0.1) is 0 Å². The Hall–Kier alpha value is -1.40. The van der Waals surface area contributed by atoms with Crippen LogP contribution in [0.2, 0.25) is 0 Å². The summed E-state index contributed by atoms with van der Waals surface area (Å²) >= 11 is 0. The molecule has 6 heteroatoms. The second-order valence-electron chi connectivity index (χ2n) is 4.36. The SMILES string of the molecule is CC1(C(=O)Nc2cc(B(O)O)ccn2)CC1.